The maximum absolute atomic E-state index is 11.6. The lowest BCUT2D eigenvalue weighted by Crippen LogP contribution is -2.12. The van der Waals surface area contributed by atoms with E-state index in [4.69, 9.17) is 0 Å². The van der Waals surface area contributed by atoms with E-state index in [1.54, 1.807) is 0 Å². The summed E-state index contributed by atoms with van der Waals surface area (Å²) >= 11 is 0. The molecule has 0 unspecified atom stereocenters. The highest BCUT2D eigenvalue weighted by Crippen LogP contribution is 2.19. The van der Waals surface area contributed by atoms with Gasteiger partial charge in [-0.25, -0.2) is 0 Å². The van der Waals surface area contributed by atoms with Crippen molar-refractivity contribution in [1.29, 1.82) is 0 Å². The standard InChI is InChI=1S/C5H6F3N3/c6-5(7,8)1-3-11-4-2-9-10-11/h2,4H,1,3H2. The van der Waals surface area contributed by atoms with Crippen LogP contribution in [-0.2, 0) is 6.54 Å². The van der Waals surface area contributed by atoms with Gasteiger partial charge in [-0.05, 0) is 0 Å². The van der Waals surface area contributed by atoms with E-state index in [1.165, 1.54) is 12.4 Å². The minimum atomic E-state index is -4.12. The summed E-state index contributed by atoms with van der Waals surface area (Å²) in [4.78, 5) is 0. The quantitative estimate of drug-likeness (QED) is 0.659. The lowest BCUT2D eigenvalue weighted by molar-refractivity contribution is -0.137. The average Bonchev–Trinajstić information content (AvgIpc) is 2.32. The van der Waals surface area contributed by atoms with Crippen molar-refractivity contribution in [1.82, 2.24) is 15.0 Å². The lowest BCUT2D eigenvalue weighted by atomic mass is 10.4. The van der Waals surface area contributed by atoms with Crippen molar-refractivity contribution in [2.45, 2.75) is 19.1 Å². The third kappa shape index (κ3) is 3.01. The number of aryl methyl sites for hydroxylation is 1. The summed E-state index contributed by atoms with van der Waals surface area (Å²) in [5, 5.41) is 6.75. The molecule has 1 aromatic heterocycles. The van der Waals surface area contributed by atoms with Crippen molar-refractivity contribution < 1.29 is 13.2 Å². The molecule has 0 fully saturated rings. The smallest absolute Gasteiger partial charge is 0.252 e. The fourth-order valence-electron chi connectivity index (χ4n) is 0.593. The summed E-state index contributed by atoms with van der Waals surface area (Å²) in [7, 11) is 0. The zero-order chi connectivity index (χ0) is 8.32. The first kappa shape index (κ1) is 8.03. The molecule has 0 radical (unpaired) electrons. The summed E-state index contributed by atoms with van der Waals surface area (Å²) in [5.41, 5.74) is 0. The molecule has 0 aromatic carbocycles. The Bertz CT molecular complexity index is 203. The second-order valence-corrected chi connectivity index (χ2v) is 2.03. The number of nitrogens with zero attached hydrogens (tertiary/aromatic N) is 3. The van der Waals surface area contributed by atoms with Gasteiger partial charge in [0.2, 0.25) is 0 Å². The Morgan fingerprint density at radius 1 is 1.36 bits per heavy atom. The topological polar surface area (TPSA) is 30.7 Å². The Kier molecular flexibility index (Phi) is 2.11. The Morgan fingerprint density at radius 3 is 2.55 bits per heavy atom. The highest BCUT2D eigenvalue weighted by atomic mass is 19.4. The molecule has 0 N–H and O–H groups in total. The molecule has 11 heavy (non-hydrogen) atoms. The molecule has 0 aliphatic rings. The van der Waals surface area contributed by atoms with Crippen molar-refractivity contribution in [2.24, 2.45) is 0 Å². The second-order valence-electron chi connectivity index (χ2n) is 2.03. The van der Waals surface area contributed by atoms with Crippen LogP contribution in [0.4, 0.5) is 13.2 Å². The monoisotopic (exact) mass is 165 g/mol. The molecule has 3 nitrogen and oxygen atoms in total. The van der Waals surface area contributed by atoms with Crippen molar-refractivity contribution in [2.75, 3.05) is 0 Å². The van der Waals surface area contributed by atoms with Gasteiger partial charge in [0.25, 0.3) is 0 Å². The summed E-state index contributed by atoms with van der Waals surface area (Å²) in [6.07, 6.45) is -2.25. The van der Waals surface area contributed by atoms with Crippen molar-refractivity contribution >= 4 is 0 Å². The SMILES string of the molecule is FC(F)(F)CCn1ccnn1. The summed E-state index contributed by atoms with van der Waals surface area (Å²) < 4.78 is 35.9. The number of rotatable bonds is 2. The van der Waals surface area contributed by atoms with E-state index in [-0.39, 0.29) is 6.54 Å². The van der Waals surface area contributed by atoms with E-state index in [2.05, 4.69) is 10.3 Å². The lowest BCUT2D eigenvalue weighted by Gasteiger charge is -2.04. The van der Waals surface area contributed by atoms with Gasteiger partial charge in [-0.15, -0.1) is 5.10 Å². The highest BCUT2D eigenvalue weighted by Gasteiger charge is 2.26. The van der Waals surface area contributed by atoms with Crippen LogP contribution in [0.25, 0.3) is 0 Å². The normalized spacial score (nSPS) is 11.9. The van der Waals surface area contributed by atoms with Gasteiger partial charge in [-0.2, -0.15) is 13.2 Å². The molecule has 0 aliphatic heterocycles. The zero-order valence-corrected chi connectivity index (χ0v) is 5.54. The fourth-order valence-corrected chi connectivity index (χ4v) is 0.593. The zero-order valence-electron chi connectivity index (χ0n) is 5.54. The minimum absolute atomic E-state index is 0.163. The van der Waals surface area contributed by atoms with Gasteiger partial charge in [0.1, 0.15) is 0 Å². The van der Waals surface area contributed by atoms with Crippen LogP contribution >= 0.6 is 0 Å². The van der Waals surface area contributed by atoms with Crippen molar-refractivity contribution in [3.63, 3.8) is 0 Å². The maximum Gasteiger partial charge on any atom is 0.390 e. The van der Waals surface area contributed by atoms with E-state index in [9.17, 15) is 13.2 Å². The van der Waals surface area contributed by atoms with Gasteiger partial charge >= 0.3 is 6.18 Å². The van der Waals surface area contributed by atoms with Crippen LogP contribution in [0.5, 0.6) is 0 Å². The first-order chi connectivity index (χ1) is 5.08. The van der Waals surface area contributed by atoms with Crippen LogP contribution in [0, 0.1) is 0 Å². The van der Waals surface area contributed by atoms with Crippen LogP contribution < -0.4 is 0 Å². The van der Waals surface area contributed by atoms with Gasteiger partial charge < -0.3 is 0 Å². The molecule has 1 heterocycles. The Hall–Kier alpha value is -1.07. The Morgan fingerprint density at radius 2 is 2.09 bits per heavy atom. The van der Waals surface area contributed by atoms with Crippen molar-refractivity contribution in [3.8, 4) is 0 Å². The molecule has 0 saturated heterocycles. The van der Waals surface area contributed by atoms with Crippen LogP contribution in [0.1, 0.15) is 6.42 Å². The average molecular weight is 165 g/mol. The molecule has 0 bridgehead atoms. The highest BCUT2D eigenvalue weighted by molar-refractivity contribution is 4.64. The molecule has 6 heteroatoms. The summed E-state index contributed by atoms with van der Waals surface area (Å²) in [5.74, 6) is 0. The molecule has 1 aromatic rings. The van der Waals surface area contributed by atoms with Crippen LogP contribution in [0.3, 0.4) is 0 Å². The van der Waals surface area contributed by atoms with E-state index >= 15 is 0 Å². The second kappa shape index (κ2) is 2.89. The van der Waals surface area contributed by atoms with Crippen LogP contribution in [0.2, 0.25) is 0 Å². The molecule has 0 atom stereocenters. The van der Waals surface area contributed by atoms with Gasteiger partial charge in [0.15, 0.2) is 0 Å². The molecule has 0 aliphatic carbocycles. The molecular weight excluding hydrogens is 159 g/mol. The van der Waals surface area contributed by atoms with E-state index in [0.717, 1.165) is 4.68 Å². The predicted octanol–water partition coefficient (Wildman–Crippen LogP) is 1.23. The number of hydrogen-bond donors (Lipinski definition) is 0. The first-order valence-corrected chi connectivity index (χ1v) is 2.99. The van der Waals surface area contributed by atoms with Gasteiger partial charge in [0.05, 0.1) is 19.2 Å². The third-order valence-electron chi connectivity index (χ3n) is 1.10. The van der Waals surface area contributed by atoms with Gasteiger partial charge in [-0.1, -0.05) is 5.21 Å². The molecule has 0 amide bonds. The molecule has 1 rings (SSSR count). The largest absolute Gasteiger partial charge is 0.390 e. The molecule has 0 saturated carbocycles. The third-order valence-corrected chi connectivity index (χ3v) is 1.10. The predicted molar refractivity (Wildman–Crippen MR) is 30.7 cm³/mol. The van der Waals surface area contributed by atoms with Crippen molar-refractivity contribution in [3.05, 3.63) is 12.4 Å². The van der Waals surface area contributed by atoms with Gasteiger partial charge in [-0.3, -0.25) is 4.68 Å². The van der Waals surface area contributed by atoms with Crippen LogP contribution in [-0.4, -0.2) is 21.2 Å². The number of halogens is 3. The van der Waals surface area contributed by atoms with E-state index in [1.807, 2.05) is 0 Å². The van der Waals surface area contributed by atoms with E-state index < -0.39 is 12.6 Å². The maximum atomic E-state index is 11.6. The minimum Gasteiger partial charge on any atom is -0.252 e. The number of aromatic nitrogens is 3. The molecule has 0 spiro atoms. The summed E-state index contributed by atoms with van der Waals surface area (Å²) in [6, 6.07) is 0. The summed E-state index contributed by atoms with van der Waals surface area (Å²) in [6.45, 7) is -0.163. The molecule has 62 valence electrons. The number of hydrogen-bond acceptors (Lipinski definition) is 2. The van der Waals surface area contributed by atoms with Gasteiger partial charge in [0, 0.05) is 6.20 Å². The molecular formula is C5H6F3N3. The Labute approximate surface area is 60.8 Å². The van der Waals surface area contributed by atoms with E-state index in [0.29, 0.717) is 0 Å². The number of alkyl halides is 3. The fraction of sp³-hybridized carbons (Fsp3) is 0.600. The Balaban J connectivity index is 2.35. The van der Waals surface area contributed by atoms with Crippen LogP contribution in [0.15, 0.2) is 12.4 Å². The first-order valence-electron chi connectivity index (χ1n) is 2.99.